The van der Waals surface area contributed by atoms with E-state index in [4.69, 9.17) is 17.3 Å². The minimum absolute atomic E-state index is 0.0179. The number of hydrogen-bond donors (Lipinski definition) is 1. The number of anilines is 1. The van der Waals surface area contributed by atoms with Gasteiger partial charge in [0.25, 0.3) is 0 Å². The van der Waals surface area contributed by atoms with E-state index in [1.54, 1.807) is 0 Å². The molecule has 0 radical (unpaired) electrons. The lowest BCUT2D eigenvalue weighted by Gasteiger charge is -2.07. The second-order valence-electron chi connectivity index (χ2n) is 4.25. The van der Waals surface area contributed by atoms with Gasteiger partial charge in [-0.3, -0.25) is 0 Å². The van der Waals surface area contributed by atoms with E-state index in [1.165, 1.54) is 36.4 Å². The highest BCUT2D eigenvalue weighted by atomic mass is 35.5. The van der Waals surface area contributed by atoms with Gasteiger partial charge in [0.15, 0.2) is 5.82 Å². The average Bonchev–Trinajstić information content (AvgIpc) is 2.93. The zero-order valence-electron chi connectivity index (χ0n) is 10.5. The van der Waals surface area contributed by atoms with E-state index in [-0.39, 0.29) is 17.1 Å². The molecule has 0 saturated heterocycles. The zero-order chi connectivity index (χ0) is 15.0. The molecule has 0 aliphatic carbocycles. The summed E-state index contributed by atoms with van der Waals surface area (Å²) < 4.78 is 28.9. The summed E-state index contributed by atoms with van der Waals surface area (Å²) in [5.41, 5.74) is 6.06. The molecule has 0 bridgehead atoms. The predicted molar refractivity (Wildman–Crippen MR) is 73.9 cm³/mol. The van der Waals surface area contributed by atoms with Crippen molar-refractivity contribution >= 4 is 17.3 Å². The van der Waals surface area contributed by atoms with Crippen molar-refractivity contribution in [2.75, 3.05) is 5.73 Å². The second-order valence-corrected chi connectivity index (χ2v) is 4.69. The number of nitrogens with two attached hydrogens (primary N) is 1. The summed E-state index contributed by atoms with van der Waals surface area (Å²) in [5.74, 6) is -1.12. The Hall–Kier alpha value is -2.54. The molecular formula is C13H8ClF2N5. The van der Waals surface area contributed by atoms with Crippen LogP contribution in [0.4, 0.5) is 14.5 Å². The third kappa shape index (κ3) is 2.43. The van der Waals surface area contributed by atoms with Crippen LogP contribution in [0, 0.1) is 11.6 Å². The molecule has 5 nitrogen and oxygen atoms in total. The molecule has 2 N–H and O–H groups in total. The Morgan fingerprint density at radius 3 is 2.62 bits per heavy atom. The van der Waals surface area contributed by atoms with Gasteiger partial charge >= 0.3 is 0 Å². The molecule has 106 valence electrons. The number of halogens is 3. The Morgan fingerprint density at radius 2 is 1.81 bits per heavy atom. The molecule has 0 atom stereocenters. The third-order valence-electron chi connectivity index (χ3n) is 2.84. The maximum Gasteiger partial charge on any atom is 0.190 e. The largest absolute Gasteiger partial charge is 0.399 e. The van der Waals surface area contributed by atoms with E-state index in [0.717, 1.165) is 4.68 Å². The summed E-state index contributed by atoms with van der Waals surface area (Å²) in [4.78, 5) is 0. The van der Waals surface area contributed by atoms with E-state index >= 15 is 0 Å². The topological polar surface area (TPSA) is 69.6 Å². The Labute approximate surface area is 123 Å². The summed E-state index contributed by atoms with van der Waals surface area (Å²) in [6, 6.07) is 7.90. The quantitative estimate of drug-likeness (QED) is 0.739. The molecular weight excluding hydrogens is 300 g/mol. The lowest BCUT2D eigenvalue weighted by atomic mass is 10.1. The van der Waals surface area contributed by atoms with Crippen molar-refractivity contribution < 1.29 is 8.78 Å². The molecule has 3 rings (SSSR count). The van der Waals surface area contributed by atoms with Crippen LogP contribution in [0.3, 0.4) is 0 Å². The minimum Gasteiger partial charge on any atom is -0.399 e. The molecule has 0 amide bonds. The minimum atomic E-state index is -0.586. The molecule has 8 heteroatoms. The number of nitrogen functional groups attached to an aromatic ring is 1. The fraction of sp³-hybridized carbons (Fsp3) is 0. The van der Waals surface area contributed by atoms with Gasteiger partial charge in [-0.05, 0) is 46.8 Å². The lowest BCUT2D eigenvalue weighted by molar-refractivity contribution is 0.605. The molecule has 0 fully saturated rings. The maximum atomic E-state index is 13.9. The van der Waals surface area contributed by atoms with Gasteiger partial charge in [0.05, 0.1) is 5.56 Å². The van der Waals surface area contributed by atoms with Crippen molar-refractivity contribution in [2.24, 2.45) is 0 Å². The molecule has 0 aliphatic rings. The smallest absolute Gasteiger partial charge is 0.190 e. The van der Waals surface area contributed by atoms with Crippen LogP contribution in [0.2, 0.25) is 5.02 Å². The van der Waals surface area contributed by atoms with E-state index < -0.39 is 11.6 Å². The first kappa shape index (κ1) is 13.4. The number of nitrogens with zero attached hydrogens (tertiary/aromatic N) is 4. The SMILES string of the molecule is Nc1ccc(F)c(-c2nnnn2-c2cc(Cl)ccc2F)c1. The third-order valence-corrected chi connectivity index (χ3v) is 3.07. The van der Waals surface area contributed by atoms with Crippen LogP contribution in [0.15, 0.2) is 36.4 Å². The van der Waals surface area contributed by atoms with Gasteiger partial charge in [0.1, 0.15) is 17.3 Å². The van der Waals surface area contributed by atoms with Gasteiger partial charge < -0.3 is 5.73 Å². The van der Waals surface area contributed by atoms with Crippen molar-refractivity contribution in [1.29, 1.82) is 0 Å². The predicted octanol–water partition coefficient (Wildman–Crippen LogP) is 2.84. The molecule has 1 heterocycles. The van der Waals surface area contributed by atoms with Gasteiger partial charge in [0.2, 0.25) is 0 Å². The van der Waals surface area contributed by atoms with Crippen molar-refractivity contribution in [1.82, 2.24) is 20.2 Å². The molecule has 0 spiro atoms. The summed E-state index contributed by atoms with van der Waals surface area (Å²) in [5, 5.41) is 11.2. The van der Waals surface area contributed by atoms with Crippen LogP contribution in [0.25, 0.3) is 17.1 Å². The highest BCUT2D eigenvalue weighted by Crippen LogP contribution is 2.26. The van der Waals surface area contributed by atoms with E-state index in [0.29, 0.717) is 10.7 Å². The van der Waals surface area contributed by atoms with Crippen molar-refractivity contribution in [3.8, 4) is 17.1 Å². The second kappa shape index (κ2) is 5.10. The van der Waals surface area contributed by atoms with Gasteiger partial charge in [0, 0.05) is 10.7 Å². The standard InChI is InChI=1S/C13H8ClF2N5/c14-7-1-3-11(16)12(5-7)21-13(18-19-20-21)9-6-8(17)2-4-10(9)15/h1-6H,17H2. The van der Waals surface area contributed by atoms with Crippen molar-refractivity contribution in [3.05, 3.63) is 53.1 Å². The molecule has 21 heavy (non-hydrogen) atoms. The van der Waals surface area contributed by atoms with Gasteiger partial charge in [-0.25, -0.2) is 8.78 Å². The fourth-order valence-electron chi connectivity index (χ4n) is 1.88. The maximum absolute atomic E-state index is 13.9. The number of aromatic nitrogens is 4. The molecule has 0 saturated carbocycles. The van der Waals surface area contributed by atoms with Crippen molar-refractivity contribution in [2.45, 2.75) is 0 Å². The molecule has 2 aromatic carbocycles. The summed E-state index contributed by atoms with van der Waals surface area (Å²) in [7, 11) is 0. The average molecular weight is 308 g/mol. The van der Waals surface area contributed by atoms with E-state index in [9.17, 15) is 8.78 Å². The number of rotatable bonds is 2. The number of benzene rings is 2. The Balaban J connectivity index is 2.22. The Morgan fingerprint density at radius 1 is 1.05 bits per heavy atom. The van der Waals surface area contributed by atoms with Gasteiger partial charge in [-0.15, -0.1) is 5.10 Å². The van der Waals surface area contributed by atoms with Gasteiger partial charge in [-0.1, -0.05) is 11.6 Å². The van der Waals surface area contributed by atoms with Gasteiger partial charge in [-0.2, -0.15) is 4.68 Å². The molecule has 1 aromatic heterocycles. The van der Waals surface area contributed by atoms with Crippen molar-refractivity contribution in [3.63, 3.8) is 0 Å². The number of hydrogen-bond acceptors (Lipinski definition) is 4. The first-order valence-electron chi connectivity index (χ1n) is 5.85. The van der Waals surface area contributed by atoms with Crippen LogP contribution in [-0.2, 0) is 0 Å². The first-order chi connectivity index (χ1) is 10.1. The van der Waals surface area contributed by atoms with Crippen LogP contribution in [0.5, 0.6) is 0 Å². The highest BCUT2D eigenvalue weighted by Gasteiger charge is 2.17. The molecule has 3 aromatic rings. The highest BCUT2D eigenvalue weighted by molar-refractivity contribution is 6.30. The monoisotopic (exact) mass is 307 g/mol. The molecule has 0 aliphatic heterocycles. The van der Waals surface area contributed by atoms with Crippen LogP contribution >= 0.6 is 11.6 Å². The zero-order valence-corrected chi connectivity index (χ0v) is 11.2. The number of tetrazole rings is 1. The fourth-order valence-corrected chi connectivity index (χ4v) is 2.05. The van der Waals surface area contributed by atoms with Crippen LogP contribution in [-0.4, -0.2) is 20.2 Å². The molecule has 0 unspecified atom stereocenters. The summed E-state index contributed by atoms with van der Waals surface area (Å²) in [6.07, 6.45) is 0. The van der Waals surface area contributed by atoms with E-state index in [1.807, 2.05) is 0 Å². The Bertz CT molecular complexity index is 752. The lowest BCUT2D eigenvalue weighted by Crippen LogP contribution is -2.04. The normalized spacial score (nSPS) is 10.8. The van der Waals surface area contributed by atoms with Crippen LogP contribution in [0.1, 0.15) is 0 Å². The summed E-state index contributed by atoms with van der Waals surface area (Å²) >= 11 is 5.85. The van der Waals surface area contributed by atoms with E-state index in [2.05, 4.69) is 15.5 Å². The summed E-state index contributed by atoms with van der Waals surface area (Å²) in [6.45, 7) is 0. The van der Waals surface area contributed by atoms with Crippen LogP contribution < -0.4 is 5.73 Å². The Kier molecular flexibility index (Phi) is 3.26. The first-order valence-corrected chi connectivity index (χ1v) is 6.23.